The number of fused-ring (bicyclic) bond motifs is 1. The molecular formula is C51H41N. The quantitative estimate of drug-likeness (QED) is 0.138. The minimum atomic E-state index is 0.371. The Kier molecular flexibility index (Phi) is 10.6. The average Bonchev–Trinajstić information content (AvgIpc) is 3.90. The van der Waals surface area contributed by atoms with Crippen molar-refractivity contribution >= 4 is 28.9 Å². The molecule has 3 aliphatic rings. The minimum absolute atomic E-state index is 0.371. The number of benzene rings is 4. The summed E-state index contributed by atoms with van der Waals surface area (Å²) < 4.78 is 0. The Bertz CT molecular complexity index is 2410. The summed E-state index contributed by atoms with van der Waals surface area (Å²) in [7, 11) is 0. The molecule has 52 heavy (non-hydrogen) atoms. The van der Waals surface area contributed by atoms with E-state index < -0.39 is 0 Å². The molecule has 0 heterocycles. The SMILES string of the molecule is C=C1/C=c2/cccc/c2=C/CC(/C=C\C(=C/C=C/NC2=C=C(c3ccc(C4C=CC=C4)cc3)C=C2)c2ccccc2)=C\C(c2ccccc2)=C/C1=C. The van der Waals surface area contributed by atoms with E-state index in [0.29, 0.717) is 5.92 Å². The highest BCUT2D eigenvalue weighted by atomic mass is 14.8. The Morgan fingerprint density at radius 2 is 1.38 bits per heavy atom. The lowest BCUT2D eigenvalue weighted by molar-refractivity contribution is 1.10. The van der Waals surface area contributed by atoms with Crippen LogP contribution in [0, 0.1) is 0 Å². The average molecular weight is 668 g/mol. The van der Waals surface area contributed by atoms with Gasteiger partial charge in [-0.2, -0.15) is 0 Å². The predicted molar refractivity (Wildman–Crippen MR) is 223 cm³/mol. The van der Waals surface area contributed by atoms with E-state index in [2.05, 4.69) is 212 Å². The van der Waals surface area contributed by atoms with Crippen molar-refractivity contribution in [3.8, 4) is 0 Å². The van der Waals surface area contributed by atoms with Gasteiger partial charge < -0.3 is 5.32 Å². The highest BCUT2D eigenvalue weighted by Crippen LogP contribution is 2.27. The third-order valence-electron chi connectivity index (χ3n) is 9.31. The Morgan fingerprint density at radius 1 is 0.692 bits per heavy atom. The molecule has 0 fully saturated rings. The number of allylic oxidation sites excluding steroid dienone is 17. The Hall–Kier alpha value is -6.66. The Balaban J connectivity index is 1.17. The van der Waals surface area contributed by atoms with E-state index in [-0.39, 0.29) is 0 Å². The topological polar surface area (TPSA) is 12.0 Å². The monoisotopic (exact) mass is 667 g/mol. The Labute approximate surface area is 307 Å². The first-order valence-corrected chi connectivity index (χ1v) is 17.7. The van der Waals surface area contributed by atoms with Crippen LogP contribution in [0.2, 0.25) is 0 Å². The van der Waals surface area contributed by atoms with Gasteiger partial charge >= 0.3 is 0 Å². The van der Waals surface area contributed by atoms with Gasteiger partial charge in [-0.25, -0.2) is 0 Å². The van der Waals surface area contributed by atoms with Gasteiger partial charge in [-0.1, -0.05) is 183 Å². The lowest BCUT2D eigenvalue weighted by Crippen LogP contribution is -2.23. The van der Waals surface area contributed by atoms with E-state index in [1.165, 1.54) is 16.4 Å². The molecular weight excluding hydrogens is 627 g/mol. The molecule has 0 aromatic heterocycles. The number of nitrogens with one attached hydrogen (secondary N) is 1. The zero-order chi connectivity index (χ0) is 35.5. The van der Waals surface area contributed by atoms with Crippen molar-refractivity contribution in [1.82, 2.24) is 5.32 Å². The van der Waals surface area contributed by atoms with Crippen LogP contribution in [0.25, 0.3) is 28.9 Å². The number of hydrogen-bond donors (Lipinski definition) is 1. The van der Waals surface area contributed by atoms with Gasteiger partial charge in [0, 0.05) is 17.7 Å². The van der Waals surface area contributed by atoms with Crippen molar-refractivity contribution in [3.05, 3.63) is 262 Å². The minimum Gasteiger partial charge on any atom is -0.355 e. The van der Waals surface area contributed by atoms with Crippen molar-refractivity contribution < 1.29 is 0 Å². The number of hydrogen-bond acceptors (Lipinski definition) is 1. The van der Waals surface area contributed by atoms with Crippen LogP contribution in [-0.4, -0.2) is 0 Å². The summed E-state index contributed by atoms with van der Waals surface area (Å²) in [6.07, 6.45) is 33.0. The molecule has 1 heteroatoms. The first kappa shape index (κ1) is 33.8. The Morgan fingerprint density at radius 3 is 2.15 bits per heavy atom. The summed E-state index contributed by atoms with van der Waals surface area (Å²) >= 11 is 0. The molecule has 0 unspecified atom stereocenters. The van der Waals surface area contributed by atoms with Gasteiger partial charge in [-0.3, -0.25) is 0 Å². The van der Waals surface area contributed by atoms with E-state index in [4.69, 9.17) is 0 Å². The number of rotatable bonds is 9. The smallest absolute Gasteiger partial charge is 0.0819 e. The third kappa shape index (κ3) is 8.55. The molecule has 4 aromatic rings. The van der Waals surface area contributed by atoms with Crippen LogP contribution in [0.3, 0.4) is 0 Å². The fraction of sp³-hybridized carbons (Fsp3) is 0.0392. The molecule has 0 aliphatic heterocycles. The van der Waals surface area contributed by atoms with Crippen molar-refractivity contribution in [3.63, 3.8) is 0 Å². The molecule has 0 amide bonds. The molecule has 0 radical (unpaired) electrons. The normalized spacial score (nSPS) is 19.5. The molecule has 250 valence electrons. The molecule has 4 aromatic carbocycles. The summed E-state index contributed by atoms with van der Waals surface area (Å²) in [6.45, 7) is 8.74. The molecule has 1 nitrogen and oxygen atoms in total. The summed E-state index contributed by atoms with van der Waals surface area (Å²) in [5.41, 5.74) is 15.4. The summed E-state index contributed by atoms with van der Waals surface area (Å²) in [6, 6.07) is 38.2. The van der Waals surface area contributed by atoms with Crippen LogP contribution in [0.1, 0.15) is 34.6 Å². The molecule has 0 atom stereocenters. The zero-order valence-electron chi connectivity index (χ0n) is 29.3. The van der Waals surface area contributed by atoms with E-state index in [1.807, 2.05) is 12.3 Å². The van der Waals surface area contributed by atoms with Gasteiger partial charge in [0.05, 0.1) is 5.70 Å². The van der Waals surface area contributed by atoms with Crippen LogP contribution < -0.4 is 15.8 Å². The van der Waals surface area contributed by atoms with Gasteiger partial charge in [0.15, 0.2) is 0 Å². The van der Waals surface area contributed by atoms with Crippen LogP contribution in [0.4, 0.5) is 0 Å². The van der Waals surface area contributed by atoms with E-state index >= 15 is 0 Å². The fourth-order valence-corrected chi connectivity index (χ4v) is 6.38. The van der Waals surface area contributed by atoms with E-state index in [1.54, 1.807) is 0 Å². The first-order chi connectivity index (χ1) is 25.6. The van der Waals surface area contributed by atoms with Gasteiger partial charge in [-0.05, 0) is 97.4 Å². The van der Waals surface area contributed by atoms with Crippen LogP contribution in [0.5, 0.6) is 0 Å². The van der Waals surface area contributed by atoms with Crippen molar-refractivity contribution in [1.29, 1.82) is 0 Å². The molecule has 0 saturated carbocycles. The van der Waals surface area contributed by atoms with Crippen molar-refractivity contribution in [2.75, 3.05) is 0 Å². The second-order valence-corrected chi connectivity index (χ2v) is 12.9. The summed E-state index contributed by atoms with van der Waals surface area (Å²) in [4.78, 5) is 0. The maximum absolute atomic E-state index is 4.39. The summed E-state index contributed by atoms with van der Waals surface area (Å²) in [5, 5.41) is 5.73. The highest BCUT2D eigenvalue weighted by Gasteiger charge is 2.09. The van der Waals surface area contributed by atoms with Crippen LogP contribution in [-0.2, 0) is 0 Å². The standard InChI is InChI=1S/C51H41N/c1-38-34-48-21-12-11-20-45(48)26-24-40(36-50(35-39(38)2)43-16-7-4-8-17-43)23-25-44(41-14-5-3-6-15-41)22-13-33-52-51-32-31-49(37-51)47-29-27-46(28-30-47)42-18-9-10-19-42/h3-23,25-36,42,52H,1-2,24H2/b25-23-,33-13+,40-36-,44-22+,45-26-,48-34-,50-35+. The second-order valence-electron chi connectivity index (χ2n) is 12.9. The summed E-state index contributed by atoms with van der Waals surface area (Å²) in [5.74, 6) is 0.371. The van der Waals surface area contributed by atoms with E-state index in [0.717, 1.165) is 61.9 Å². The largest absolute Gasteiger partial charge is 0.355 e. The van der Waals surface area contributed by atoms with Crippen LogP contribution >= 0.6 is 0 Å². The van der Waals surface area contributed by atoms with Crippen molar-refractivity contribution in [2.24, 2.45) is 0 Å². The molecule has 7 rings (SSSR count). The lowest BCUT2D eigenvalue weighted by atomic mass is 9.96. The maximum atomic E-state index is 4.39. The predicted octanol–water partition coefficient (Wildman–Crippen LogP) is 10.9. The maximum Gasteiger partial charge on any atom is 0.0819 e. The van der Waals surface area contributed by atoms with Crippen molar-refractivity contribution in [2.45, 2.75) is 12.3 Å². The van der Waals surface area contributed by atoms with Crippen LogP contribution in [0.15, 0.2) is 230 Å². The molecule has 1 N–H and O–H groups in total. The lowest BCUT2D eigenvalue weighted by Gasteiger charge is -2.08. The molecule has 0 saturated heterocycles. The van der Waals surface area contributed by atoms with E-state index in [9.17, 15) is 0 Å². The first-order valence-electron chi connectivity index (χ1n) is 17.7. The second kappa shape index (κ2) is 16.4. The van der Waals surface area contributed by atoms with Gasteiger partial charge in [0.2, 0.25) is 0 Å². The highest BCUT2D eigenvalue weighted by molar-refractivity contribution is 5.81. The van der Waals surface area contributed by atoms with Gasteiger partial charge in [-0.15, -0.1) is 0 Å². The van der Waals surface area contributed by atoms with Gasteiger partial charge in [0.25, 0.3) is 0 Å². The molecule has 0 bridgehead atoms. The molecule has 0 spiro atoms. The third-order valence-corrected chi connectivity index (χ3v) is 9.31. The fourth-order valence-electron chi connectivity index (χ4n) is 6.38. The molecule has 3 aliphatic carbocycles. The van der Waals surface area contributed by atoms with Gasteiger partial charge in [0.1, 0.15) is 0 Å². The zero-order valence-corrected chi connectivity index (χ0v) is 29.3.